The summed E-state index contributed by atoms with van der Waals surface area (Å²) in [5, 5.41) is 25.2. The van der Waals surface area contributed by atoms with Gasteiger partial charge in [-0.25, -0.2) is 9.18 Å². The largest absolute Gasteiger partial charge is 0.388 e. The Morgan fingerprint density at radius 2 is 1.89 bits per heavy atom. The van der Waals surface area contributed by atoms with Gasteiger partial charge >= 0.3 is 6.03 Å². The van der Waals surface area contributed by atoms with Gasteiger partial charge < -0.3 is 30.5 Å². The van der Waals surface area contributed by atoms with E-state index < -0.39 is 36.3 Å². The minimum atomic E-state index is -1.21. The van der Waals surface area contributed by atoms with E-state index in [1.165, 1.54) is 24.3 Å². The lowest BCUT2D eigenvalue weighted by molar-refractivity contribution is -0.134. The number of benzene rings is 1. The Kier molecular flexibility index (Phi) is 6.25. The van der Waals surface area contributed by atoms with Crippen LogP contribution in [0.15, 0.2) is 24.3 Å². The zero-order chi connectivity index (χ0) is 19.4. The van der Waals surface area contributed by atoms with Crippen LogP contribution in [0.1, 0.15) is 19.3 Å². The van der Waals surface area contributed by atoms with Gasteiger partial charge in [0.15, 0.2) is 0 Å². The summed E-state index contributed by atoms with van der Waals surface area (Å²) in [6.45, 7) is 1.35. The van der Waals surface area contributed by atoms with Gasteiger partial charge in [0.05, 0.1) is 12.5 Å². The summed E-state index contributed by atoms with van der Waals surface area (Å²) in [4.78, 5) is 25.8. The molecule has 0 bridgehead atoms. The fraction of sp³-hybridized carbons (Fsp3) is 0.556. The maximum absolute atomic E-state index is 13.1. The number of anilines is 1. The van der Waals surface area contributed by atoms with E-state index in [-0.39, 0.29) is 24.6 Å². The molecule has 2 aliphatic rings. The quantitative estimate of drug-likeness (QED) is 0.592. The summed E-state index contributed by atoms with van der Waals surface area (Å²) in [5.74, 6) is -0.586. The molecule has 0 aromatic heterocycles. The second kappa shape index (κ2) is 8.64. The van der Waals surface area contributed by atoms with Crippen molar-refractivity contribution in [2.24, 2.45) is 0 Å². The number of hydrogen-bond donors (Lipinski definition) is 4. The second-order valence-corrected chi connectivity index (χ2v) is 6.83. The molecule has 2 aliphatic heterocycles. The summed E-state index contributed by atoms with van der Waals surface area (Å²) >= 11 is 0. The van der Waals surface area contributed by atoms with E-state index in [9.17, 15) is 24.2 Å². The van der Waals surface area contributed by atoms with Gasteiger partial charge in [-0.15, -0.1) is 0 Å². The maximum Gasteiger partial charge on any atom is 0.319 e. The highest BCUT2D eigenvalue weighted by molar-refractivity contribution is 5.89. The summed E-state index contributed by atoms with van der Waals surface area (Å²) in [6, 6.07) is 4.84. The number of aliphatic hydroxyl groups excluding tert-OH is 2. The van der Waals surface area contributed by atoms with Gasteiger partial charge in [0.1, 0.15) is 24.1 Å². The van der Waals surface area contributed by atoms with Crippen molar-refractivity contribution in [1.82, 2.24) is 10.2 Å². The van der Waals surface area contributed by atoms with Crippen LogP contribution in [-0.4, -0.2) is 71.1 Å². The Labute approximate surface area is 156 Å². The summed E-state index contributed by atoms with van der Waals surface area (Å²) in [5.41, 5.74) is 0.287. The molecule has 3 rings (SSSR count). The first-order valence-electron chi connectivity index (χ1n) is 9.04. The van der Waals surface area contributed by atoms with Crippen molar-refractivity contribution < 1.29 is 28.9 Å². The average Bonchev–Trinajstić information content (AvgIpc) is 3.25. The summed E-state index contributed by atoms with van der Waals surface area (Å²) in [7, 11) is 0. The van der Waals surface area contributed by atoms with Gasteiger partial charge in [0.2, 0.25) is 5.91 Å². The molecule has 148 valence electrons. The number of carbonyl (C=O) groups is 2. The minimum absolute atomic E-state index is 0.00971. The standard InChI is InChI=1S/C18H24FN3O5/c19-11-4-3-5-12(8-11)21-18(26)20-10-14-17(25)16(24)13(27-14)9-15(23)22-6-1-2-7-22/h3-5,8,13-14,16-17,24-25H,1-2,6-7,9-10H2,(H2,20,21,26)/t13-,14+,16-,17+/m0/s1. The maximum atomic E-state index is 13.1. The zero-order valence-corrected chi connectivity index (χ0v) is 14.8. The molecule has 27 heavy (non-hydrogen) atoms. The predicted molar refractivity (Wildman–Crippen MR) is 94.5 cm³/mol. The van der Waals surface area contributed by atoms with Crippen molar-refractivity contribution in [3.63, 3.8) is 0 Å². The van der Waals surface area contributed by atoms with Crippen molar-refractivity contribution in [3.8, 4) is 0 Å². The molecule has 4 N–H and O–H groups in total. The molecular weight excluding hydrogens is 357 g/mol. The van der Waals surface area contributed by atoms with Crippen LogP contribution in [0, 0.1) is 5.82 Å². The number of urea groups is 1. The second-order valence-electron chi connectivity index (χ2n) is 6.83. The van der Waals surface area contributed by atoms with Crippen LogP contribution >= 0.6 is 0 Å². The van der Waals surface area contributed by atoms with Crippen LogP contribution < -0.4 is 10.6 Å². The van der Waals surface area contributed by atoms with E-state index in [2.05, 4.69) is 10.6 Å². The smallest absolute Gasteiger partial charge is 0.319 e. The highest BCUT2D eigenvalue weighted by Gasteiger charge is 2.43. The molecule has 0 radical (unpaired) electrons. The lowest BCUT2D eigenvalue weighted by Gasteiger charge is -2.19. The molecule has 2 fully saturated rings. The van der Waals surface area contributed by atoms with Gasteiger partial charge in [-0.05, 0) is 31.0 Å². The van der Waals surface area contributed by atoms with E-state index in [1.807, 2.05) is 0 Å². The van der Waals surface area contributed by atoms with Gasteiger partial charge in [0.25, 0.3) is 0 Å². The van der Waals surface area contributed by atoms with Crippen molar-refractivity contribution in [3.05, 3.63) is 30.1 Å². The molecule has 1 aromatic carbocycles. The Balaban J connectivity index is 1.47. The topological polar surface area (TPSA) is 111 Å². The molecular formula is C18H24FN3O5. The van der Waals surface area contributed by atoms with Crippen LogP contribution in [-0.2, 0) is 9.53 Å². The predicted octanol–water partition coefficient (Wildman–Crippen LogP) is 0.449. The average molecular weight is 381 g/mol. The van der Waals surface area contributed by atoms with Crippen molar-refractivity contribution in [2.75, 3.05) is 25.0 Å². The molecule has 0 aliphatic carbocycles. The fourth-order valence-electron chi connectivity index (χ4n) is 3.37. The number of carbonyl (C=O) groups excluding carboxylic acids is 2. The summed E-state index contributed by atoms with van der Waals surface area (Å²) < 4.78 is 18.7. The monoisotopic (exact) mass is 381 g/mol. The fourth-order valence-corrected chi connectivity index (χ4v) is 3.37. The zero-order valence-electron chi connectivity index (χ0n) is 14.8. The lowest BCUT2D eigenvalue weighted by Crippen LogP contribution is -2.41. The number of hydrogen-bond acceptors (Lipinski definition) is 5. The van der Waals surface area contributed by atoms with Gasteiger partial charge in [-0.1, -0.05) is 6.07 Å². The van der Waals surface area contributed by atoms with E-state index in [1.54, 1.807) is 4.90 Å². The van der Waals surface area contributed by atoms with Gasteiger partial charge in [-0.3, -0.25) is 4.79 Å². The van der Waals surface area contributed by atoms with E-state index in [0.29, 0.717) is 13.1 Å². The number of nitrogens with one attached hydrogen (secondary N) is 2. The van der Waals surface area contributed by atoms with Gasteiger partial charge in [-0.2, -0.15) is 0 Å². The lowest BCUT2D eigenvalue weighted by atomic mass is 10.1. The molecule has 2 saturated heterocycles. The van der Waals surface area contributed by atoms with Crippen LogP contribution in [0.25, 0.3) is 0 Å². The van der Waals surface area contributed by atoms with Crippen molar-refractivity contribution >= 4 is 17.6 Å². The highest BCUT2D eigenvalue weighted by Crippen LogP contribution is 2.24. The van der Waals surface area contributed by atoms with Crippen LogP contribution in [0.4, 0.5) is 14.9 Å². The molecule has 2 heterocycles. The third kappa shape index (κ3) is 4.94. The number of ether oxygens (including phenoxy) is 1. The Morgan fingerprint density at radius 3 is 2.59 bits per heavy atom. The Morgan fingerprint density at radius 1 is 1.19 bits per heavy atom. The molecule has 0 unspecified atom stereocenters. The third-order valence-electron chi connectivity index (χ3n) is 4.84. The molecule has 3 amide bonds. The van der Waals surface area contributed by atoms with Crippen molar-refractivity contribution in [2.45, 2.75) is 43.7 Å². The highest BCUT2D eigenvalue weighted by atomic mass is 19.1. The van der Waals surface area contributed by atoms with Crippen LogP contribution in [0.3, 0.4) is 0 Å². The molecule has 0 spiro atoms. The molecule has 9 heteroatoms. The number of likely N-dealkylation sites (tertiary alicyclic amines) is 1. The molecule has 1 aromatic rings. The Bertz CT molecular complexity index is 683. The van der Waals surface area contributed by atoms with Crippen LogP contribution in [0.5, 0.6) is 0 Å². The SMILES string of the molecule is O=C(NC[C@H]1O[C@@H](CC(=O)N2CCCC2)[C@H](O)[C@@H]1O)Nc1cccc(F)c1. The summed E-state index contributed by atoms with van der Waals surface area (Å²) in [6.07, 6.45) is -2.14. The Hall–Kier alpha value is -2.23. The third-order valence-corrected chi connectivity index (χ3v) is 4.84. The van der Waals surface area contributed by atoms with Crippen molar-refractivity contribution in [1.29, 1.82) is 0 Å². The first kappa shape index (κ1) is 19.5. The number of halogens is 1. The first-order chi connectivity index (χ1) is 12.9. The number of aliphatic hydroxyl groups is 2. The number of amides is 3. The van der Waals surface area contributed by atoms with Gasteiger partial charge in [0, 0.05) is 25.3 Å². The number of nitrogens with zero attached hydrogens (tertiary/aromatic N) is 1. The van der Waals surface area contributed by atoms with E-state index in [4.69, 9.17) is 4.74 Å². The first-order valence-corrected chi connectivity index (χ1v) is 9.04. The molecule has 0 saturated carbocycles. The van der Waals surface area contributed by atoms with Crippen LogP contribution in [0.2, 0.25) is 0 Å². The van der Waals surface area contributed by atoms with E-state index in [0.717, 1.165) is 12.8 Å². The van der Waals surface area contributed by atoms with E-state index >= 15 is 0 Å². The minimum Gasteiger partial charge on any atom is -0.388 e. The molecule has 4 atom stereocenters. The number of rotatable bonds is 5. The normalized spacial score (nSPS) is 27.6. The molecule has 8 nitrogen and oxygen atoms in total.